The molecular formula is C9H18F2. The first-order valence-electron chi connectivity index (χ1n) is 4.36. The van der Waals surface area contributed by atoms with Gasteiger partial charge in [-0.25, -0.2) is 8.78 Å². The predicted octanol–water partition coefficient (Wildman–Crippen LogP) is 3.51. The largest absolute Gasteiger partial charge is 0.245 e. The lowest BCUT2D eigenvalue weighted by molar-refractivity contribution is 0.153. The average molecular weight is 164 g/mol. The van der Waals surface area contributed by atoms with Crippen LogP contribution in [0.15, 0.2) is 0 Å². The summed E-state index contributed by atoms with van der Waals surface area (Å²) in [5, 5.41) is 0. The van der Waals surface area contributed by atoms with E-state index in [1.165, 1.54) is 6.92 Å². The van der Waals surface area contributed by atoms with Crippen molar-refractivity contribution in [1.82, 2.24) is 0 Å². The van der Waals surface area contributed by atoms with Crippen molar-refractivity contribution in [1.29, 1.82) is 0 Å². The van der Waals surface area contributed by atoms with E-state index >= 15 is 0 Å². The molecule has 0 radical (unpaired) electrons. The first-order valence-corrected chi connectivity index (χ1v) is 4.36. The Kier molecular flexibility index (Phi) is 5.43. The smallest absolute Gasteiger partial charge is 0.131 e. The summed E-state index contributed by atoms with van der Waals surface area (Å²) < 4.78 is 25.0. The fourth-order valence-corrected chi connectivity index (χ4v) is 1.18. The van der Waals surface area contributed by atoms with Crippen LogP contribution in [0.2, 0.25) is 0 Å². The van der Waals surface area contributed by atoms with Gasteiger partial charge in [-0.15, -0.1) is 0 Å². The zero-order valence-electron chi connectivity index (χ0n) is 7.61. The summed E-state index contributed by atoms with van der Waals surface area (Å²) in [6, 6.07) is 0. The lowest BCUT2D eigenvalue weighted by Crippen LogP contribution is -2.16. The molecule has 0 bridgehead atoms. The quantitative estimate of drug-likeness (QED) is 0.583. The molecule has 0 rings (SSSR count). The summed E-state index contributed by atoms with van der Waals surface area (Å²) in [5.74, 6) is 0.313. The summed E-state index contributed by atoms with van der Waals surface area (Å²) in [5.41, 5.74) is 0. The van der Waals surface area contributed by atoms with Crippen molar-refractivity contribution in [3.8, 4) is 0 Å². The maximum absolute atomic E-state index is 12.7. The SMILES string of the molecule is CCCC(C)C[C@H](F)C(C)F. The molecule has 0 aromatic heterocycles. The van der Waals surface area contributed by atoms with Crippen LogP contribution in [-0.2, 0) is 0 Å². The highest BCUT2D eigenvalue weighted by molar-refractivity contribution is 4.66. The van der Waals surface area contributed by atoms with E-state index in [1.807, 2.05) is 6.92 Å². The van der Waals surface area contributed by atoms with E-state index < -0.39 is 12.3 Å². The molecule has 68 valence electrons. The number of rotatable bonds is 5. The Morgan fingerprint density at radius 3 is 2.09 bits per heavy atom. The van der Waals surface area contributed by atoms with Crippen molar-refractivity contribution < 1.29 is 8.78 Å². The van der Waals surface area contributed by atoms with Gasteiger partial charge in [-0.3, -0.25) is 0 Å². The third-order valence-corrected chi connectivity index (χ3v) is 1.91. The summed E-state index contributed by atoms with van der Waals surface area (Å²) in [7, 11) is 0. The van der Waals surface area contributed by atoms with Crippen LogP contribution in [0.3, 0.4) is 0 Å². The third kappa shape index (κ3) is 5.16. The predicted molar refractivity (Wildman–Crippen MR) is 44.2 cm³/mol. The summed E-state index contributed by atoms with van der Waals surface area (Å²) in [6.45, 7) is 5.31. The molecule has 0 aliphatic rings. The van der Waals surface area contributed by atoms with Crippen molar-refractivity contribution in [2.24, 2.45) is 5.92 Å². The van der Waals surface area contributed by atoms with Crippen LogP contribution < -0.4 is 0 Å². The highest BCUT2D eigenvalue weighted by Crippen LogP contribution is 2.17. The molecule has 0 N–H and O–H groups in total. The van der Waals surface area contributed by atoms with E-state index in [4.69, 9.17) is 0 Å². The van der Waals surface area contributed by atoms with Gasteiger partial charge in [0.1, 0.15) is 12.3 Å². The van der Waals surface area contributed by atoms with Crippen LogP contribution in [0, 0.1) is 5.92 Å². The molecule has 0 aromatic carbocycles. The normalized spacial score (nSPS) is 19.4. The van der Waals surface area contributed by atoms with Gasteiger partial charge in [0.25, 0.3) is 0 Å². The van der Waals surface area contributed by atoms with Gasteiger partial charge in [-0.1, -0.05) is 26.7 Å². The number of halogens is 2. The van der Waals surface area contributed by atoms with Crippen LogP contribution in [0.1, 0.15) is 40.0 Å². The van der Waals surface area contributed by atoms with Gasteiger partial charge in [0.05, 0.1) is 0 Å². The zero-order valence-corrected chi connectivity index (χ0v) is 7.61. The second kappa shape index (κ2) is 5.50. The zero-order chi connectivity index (χ0) is 8.85. The Morgan fingerprint density at radius 2 is 1.73 bits per heavy atom. The molecule has 0 fully saturated rings. The highest BCUT2D eigenvalue weighted by Gasteiger charge is 2.17. The second-order valence-electron chi connectivity index (χ2n) is 3.32. The van der Waals surface area contributed by atoms with Gasteiger partial charge >= 0.3 is 0 Å². The van der Waals surface area contributed by atoms with Crippen molar-refractivity contribution >= 4 is 0 Å². The lowest BCUT2D eigenvalue weighted by Gasteiger charge is -2.14. The molecule has 0 amide bonds. The minimum atomic E-state index is -1.31. The molecule has 0 saturated carbocycles. The van der Waals surface area contributed by atoms with E-state index in [0.717, 1.165) is 12.8 Å². The van der Waals surface area contributed by atoms with E-state index in [1.54, 1.807) is 0 Å². The van der Waals surface area contributed by atoms with Crippen LogP contribution >= 0.6 is 0 Å². The first kappa shape index (κ1) is 10.9. The first-order chi connectivity index (χ1) is 5.07. The molecule has 2 unspecified atom stereocenters. The summed E-state index contributed by atoms with van der Waals surface area (Å²) in [4.78, 5) is 0. The maximum atomic E-state index is 12.7. The number of alkyl halides is 2. The summed E-state index contributed by atoms with van der Waals surface area (Å²) >= 11 is 0. The van der Waals surface area contributed by atoms with Gasteiger partial charge < -0.3 is 0 Å². The Bertz CT molecular complexity index is 91.6. The Labute approximate surface area is 68.0 Å². The maximum Gasteiger partial charge on any atom is 0.131 e. The van der Waals surface area contributed by atoms with Crippen LogP contribution in [0.4, 0.5) is 8.78 Å². The van der Waals surface area contributed by atoms with E-state index in [9.17, 15) is 8.78 Å². The minimum Gasteiger partial charge on any atom is -0.245 e. The molecule has 0 saturated heterocycles. The molecule has 0 spiro atoms. The molecule has 11 heavy (non-hydrogen) atoms. The molecular weight excluding hydrogens is 146 g/mol. The third-order valence-electron chi connectivity index (χ3n) is 1.91. The van der Waals surface area contributed by atoms with Crippen LogP contribution in [0.5, 0.6) is 0 Å². The molecule has 0 nitrogen and oxygen atoms in total. The topological polar surface area (TPSA) is 0 Å². The fourth-order valence-electron chi connectivity index (χ4n) is 1.18. The molecule has 2 heteroatoms. The van der Waals surface area contributed by atoms with Gasteiger partial charge in [0.15, 0.2) is 0 Å². The van der Waals surface area contributed by atoms with E-state index in [0.29, 0.717) is 12.3 Å². The molecule has 0 aliphatic carbocycles. The minimum absolute atomic E-state index is 0.313. The van der Waals surface area contributed by atoms with Gasteiger partial charge in [0, 0.05) is 0 Å². The fraction of sp³-hybridized carbons (Fsp3) is 1.00. The number of hydrogen-bond acceptors (Lipinski definition) is 0. The van der Waals surface area contributed by atoms with Crippen LogP contribution in [0.25, 0.3) is 0 Å². The Balaban J connectivity index is 3.48. The molecule has 3 atom stereocenters. The van der Waals surface area contributed by atoms with Gasteiger partial charge in [-0.2, -0.15) is 0 Å². The monoisotopic (exact) mass is 164 g/mol. The van der Waals surface area contributed by atoms with Crippen LogP contribution in [-0.4, -0.2) is 12.3 Å². The van der Waals surface area contributed by atoms with Gasteiger partial charge in [-0.05, 0) is 19.3 Å². The Hall–Kier alpha value is -0.140. The Morgan fingerprint density at radius 1 is 1.18 bits per heavy atom. The van der Waals surface area contributed by atoms with E-state index in [-0.39, 0.29) is 0 Å². The second-order valence-corrected chi connectivity index (χ2v) is 3.32. The molecule has 0 heterocycles. The highest BCUT2D eigenvalue weighted by atomic mass is 19.2. The van der Waals surface area contributed by atoms with Crippen molar-refractivity contribution in [2.45, 2.75) is 52.4 Å². The molecule has 0 aromatic rings. The lowest BCUT2D eigenvalue weighted by atomic mass is 9.98. The van der Waals surface area contributed by atoms with E-state index in [2.05, 4.69) is 6.92 Å². The number of hydrogen-bond donors (Lipinski definition) is 0. The van der Waals surface area contributed by atoms with Crippen molar-refractivity contribution in [3.05, 3.63) is 0 Å². The van der Waals surface area contributed by atoms with Crippen molar-refractivity contribution in [3.63, 3.8) is 0 Å². The van der Waals surface area contributed by atoms with Gasteiger partial charge in [0.2, 0.25) is 0 Å². The summed E-state index contributed by atoms with van der Waals surface area (Å²) in [6.07, 6.45) is -0.168. The average Bonchev–Trinajstić information content (AvgIpc) is 1.87. The van der Waals surface area contributed by atoms with Crippen molar-refractivity contribution in [2.75, 3.05) is 0 Å². The molecule has 0 aliphatic heterocycles. The standard InChI is InChI=1S/C9H18F2/c1-4-5-7(2)6-9(11)8(3)10/h7-9H,4-6H2,1-3H3/t7?,8?,9-/m0/s1.